The third-order valence-corrected chi connectivity index (χ3v) is 7.83. The van der Waals surface area contributed by atoms with Gasteiger partial charge in [0.15, 0.2) is 11.5 Å². The van der Waals surface area contributed by atoms with Crippen molar-refractivity contribution in [3.05, 3.63) is 90.0 Å². The highest BCUT2D eigenvalue weighted by Gasteiger charge is 2.29. The van der Waals surface area contributed by atoms with Gasteiger partial charge < -0.3 is 14.4 Å². The molecule has 1 fully saturated rings. The lowest BCUT2D eigenvalue weighted by Gasteiger charge is -2.25. The van der Waals surface area contributed by atoms with Crippen LogP contribution in [0.4, 0.5) is 11.4 Å². The Hall–Kier alpha value is -3.78. The van der Waals surface area contributed by atoms with Crippen LogP contribution in [0, 0.1) is 0 Å². The van der Waals surface area contributed by atoms with E-state index in [9.17, 15) is 13.2 Å². The van der Waals surface area contributed by atoms with E-state index in [1.165, 1.54) is 4.31 Å². The first-order valence-corrected chi connectivity index (χ1v) is 13.2. The lowest BCUT2D eigenvalue weighted by atomic mass is 10.1. The summed E-state index contributed by atoms with van der Waals surface area (Å²) in [5.74, 6) is 1.13. The van der Waals surface area contributed by atoms with Crippen LogP contribution in [0.3, 0.4) is 0 Å². The predicted octanol–water partition coefficient (Wildman–Crippen LogP) is 4.36. The first kappa shape index (κ1) is 23.0. The van der Waals surface area contributed by atoms with E-state index in [2.05, 4.69) is 0 Å². The third-order valence-electron chi connectivity index (χ3n) is 5.96. The molecule has 1 amide bonds. The molecule has 0 spiro atoms. The summed E-state index contributed by atoms with van der Waals surface area (Å²) in [5, 5.41) is 0. The number of hydrogen-bond acceptors (Lipinski definition) is 5. The van der Waals surface area contributed by atoms with Crippen molar-refractivity contribution in [1.29, 1.82) is 0 Å². The molecule has 7 nitrogen and oxygen atoms in total. The first-order chi connectivity index (χ1) is 17.0. The fraction of sp³-hybridized carbons (Fsp3) is 0.222. The van der Waals surface area contributed by atoms with Crippen molar-refractivity contribution in [3.63, 3.8) is 0 Å². The number of ether oxygens (including phenoxy) is 2. The monoisotopic (exact) mass is 490 g/mol. The third kappa shape index (κ3) is 5.02. The second-order valence-corrected chi connectivity index (χ2v) is 10.4. The zero-order valence-corrected chi connectivity index (χ0v) is 20.0. The number of anilines is 2. The highest BCUT2D eigenvalue weighted by molar-refractivity contribution is 7.93. The summed E-state index contributed by atoms with van der Waals surface area (Å²) in [6, 6.07) is 22.1. The van der Waals surface area contributed by atoms with Crippen LogP contribution in [0.2, 0.25) is 0 Å². The summed E-state index contributed by atoms with van der Waals surface area (Å²) < 4.78 is 37.6. The lowest BCUT2D eigenvalue weighted by Crippen LogP contribution is -2.32. The molecule has 0 aromatic heterocycles. The molecule has 180 valence electrons. The SMILES string of the molecule is O=C(c1cccc(N2CCCS2(=O)=O)c1)N(C/C=C\c1ccccc1)c1ccc2c(c1)OCCO2. The van der Waals surface area contributed by atoms with Gasteiger partial charge in [-0.15, -0.1) is 0 Å². The van der Waals surface area contributed by atoms with E-state index in [0.717, 1.165) is 5.56 Å². The minimum Gasteiger partial charge on any atom is -0.486 e. The highest BCUT2D eigenvalue weighted by Crippen LogP contribution is 2.35. The van der Waals surface area contributed by atoms with E-state index < -0.39 is 10.0 Å². The number of hydrogen-bond donors (Lipinski definition) is 0. The Labute approximate surface area is 205 Å². The van der Waals surface area contributed by atoms with Crippen LogP contribution in [-0.4, -0.2) is 46.4 Å². The summed E-state index contributed by atoms with van der Waals surface area (Å²) in [6.45, 7) is 1.68. The average Bonchev–Trinajstić information content (AvgIpc) is 3.25. The Kier molecular flexibility index (Phi) is 6.46. The van der Waals surface area contributed by atoms with Crippen LogP contribution in [0.1, 0.15) is 22.3 Å². The maximum absolute atomic E-state index is 13.7. The zero-order chi connectivity index (χ0) is 24.3. The number of carbonyl (C=O) groups is 1. The molecule has 35 heavy (non-hydrogen) atoms. The second-order valence-electron chi connectivity index (χ2n) is 8.35. The van der Waals surface area contributed by atoms with Crippen LogP contribution in [0.5, 0.6) is 11.5 Å². The van der Waals surface area contributed by atoms with Gasteiger partial charge in [0.05, 0.1) is 11.4 Å². The minimum atomic E-state index is -3.34. The van der Waals surface area contributed by atoms with Crippen LogP contribution >= 0.6 is 0 Å². The highest BCUT2D eigenvalue weighted by atomic mass is 32.2. The predicted molar refractivity (Wildman–Crippen MR) is 137 cm³/mol. The standard InChI is InChI=1S/C27H26N2O5S/c30-27(22-10-4-11-24(19-22)29-15-6-18-35(29,31)32)28(14-5-9-21-7-2-1-3-8-21)23-12-13-25-26(20-23)34-17-16-33-25/h1-5,7-13,19-20H,6,14-18H2/b9-5-. The largest absolute Gasteiger partial charge is 0.486 e. The van der Waals surface area contributed by atoms with Crippen molar-refractivity contribution >= 4 is 33.4 Å². The Morgan fingerprint density at radius 1 is 0.943 bits per heavy atom. The number of sulfonamides is 1. The number of carbonyl (C=O) groups excluding carboxylic acids is 1. The molecule has 0 aliphatic carbocycles. The van der Waals surface area contributed by atoms with Gasteiger partial charge in [-0.2, -0.15) is 0 Å². The van der Waals surface area contributed by atoms with Crippen LogP contribution in [-0.2, 0) is 10.0 Å². The molecule has 3 aromatic rings. The molecule has 2 aliphatic rings. The van der Waals surface area contributed by atoms with Gasteiger partial charge in [-0.05, 0) is 42.3 Å². The van der Waals surface area contributed by atoms with Gasteiger partial charge in [0.2, 0.25) is 10.0 Å². The fourth-order valence-corrected chi connectivity index (χ4v) is 5.80. The number of nitrogens with zero attached hydrogens (tertiary/aromatic N) is 2. The Morgan fingerprint density at radius 3 is 2.51 bits per heavy atom. The summed E-state index contributed by atoms with van der Waals surface area (Å²) in [6.07, 6.45) is 4.47. The quantitative estimate of drug-likeness (QED) is 0.513. The van der Waals surface area contributed by atoms with E-state index in [0.29, 0.717) is 61.2 Å². The van der Waals surface area contributed by atoms with Crippen molar-refractivity contribution in [1.82, 2.24) is 0 Å². The number of rotatable bonds is 6. The molecule has 0 unspecified atom stereocenters. The van der Waals surface area contributed by atoms with Gasteiger partial charge in [0, 0.05) is 30.4 Å². The van der Waals surface area contributed by atoms with Gasteiger partial charge in [-0.1, -0.05) is 48.6 Å². The maximum atomic E-state index is 13.7. The molecule has 8 heteroatoms. The van der Waals surface area contributed by atoms with Crippen molar-refractivity contribution < 1.29 is 22.7 Å². The second kappa shape index (κ2) is 9.84. The Balaban J connectivity index is 1.47. The minimum absolute atomic E-state index is 0.124. The van der Waals surface area contributed by atoms with Crippen LogP contribution < -0.4 is 18.7 Å². The molecule has 1 saturated heterocycles. The molecule has 0 bridgehead atoms. The summed E-state index contributed by atoms with van der Waals surface area (Å²) in [4.78, 5) is 15.4. The summed E-state index contributed by atoms with van der Waals surface area (Å²) >= 11 is 0. The summed E-state index contributed by atoms with van der Waals surface area (Å²) in [7, 11) is -3.34. The van der Waals surface area contributed by atoms with Gasteiger partial charge in [-0.25, -0.2) is 8.42 Å². The van der Waals surface area contributed by atoms with E-state index in [-0.39, 0.29) is 11.7 Å². The van der Waals surface area contributed by atoms with E-state index in [1.54, 1.807) is 41.3 Å². The number of amides is 1. The van der Waals surface area contributed by atoms with Crippen molar-refractivity contribution in [3.8, 4) is 11.5 Å². The van der Waals surface area contributed by atoms with Crippen molar-refractivity contribution in [2.24, 2.45) is 0 Å². The molecular formula is C27H26N2O5S. The van der Waals surface area contributed by atoms with Gasteiger partial charge >= 0.3 is 0 Å². The van der Waals surface area contributed by atoms with Crippen molar-refractivity contribution in [2.75, 3.05) is 41.3 Å². The van der Waals surface area contributed by atoms with Gasteiger partial charge in [0.25, 0.3) is 5.91 Å². The molecule has 0 N–H and O–H groups in total. The fourth-order valence-electron chi connectivity index (χ4n) is 4.24. The topological polar surface area (TPSA) is 76.2 Å². The molecule has 3 aromatic carbocycles. The normalized spacial score (nSPS) is 16.4. The van der Waals surface area contributed by atoms with Crippen molar-refractivity contribution in [2.45, 2.75) is 6.42 Å². The van der Waals surface area contributed by atoms with Gasteiger partial charge in [0.1, 0.15) is 13.2 Å². The van der Waals surface area contributed by atoms with Crippen LogP contribution in [0.15, 0.2) is 78.9 Å². The van der Waals surface area contributed by atoms with E-state index in [1.807, 2.05) is 48.6 Å². The molecule has 2 aliphatic heterocycles. The number of benzene rings is 3. The van der Waals surface area contributed by atoms with Gasteiger partial charge in [-0.3, -0.25) is 9.10 Å². The van der Waals surface area contributed by atoms with E-state index in [4.69, 9.17) is 9.47 Å². The molecule has 2 heterocycles. The Morgan fingerprint density at radius 2 is 1.74 bits per heavy atom. The smallest absolute Gasteiger partial charge is 0.258 e. The summed E-state index contributed by atoms with van der Waals surface area (Å²) in [5.41, 5.74) is 2.61. The first-order valence-electron chi connectivity index (χ1n) is 11.5. The van der Waals surface area contributed by atoms with E-state index >= 15 is 0 Å². The maximum Gasteiger partial charge on any atom is 0.258 e. The molecule has 0 saturated carbocycles. The molecular weight excluding hydrogens is 464 g/mol. The number of fused-ring (bicyclic) bond motifs is 1. The molecule has 5 rings (SSSR count). The van der Waals surface area contributed by atoms with Crippen LogP contribution in [0.25, 0.3) is 6.08 Å². The Bertz CT molecular complexity index is 1350. The zero-order valence-electron chi connectivity index (χ0n) is 19.2. The lowest BCUT2D eigenvalue weighted by molar-refractivity contribution is 0.0989. The average molecular weight is 491 g/mol. The molecule has 0 atom stereocenters. The molecule has 0 radical (unpaired) electrons.